The predicted octanol–water partition coefficient (Wildman–Crippen LogP) is 13.6. The number of hydrogen-bond donors (Lipinski definition) is 0. The standard InChI is InChI=1S/C53H59NO4/c1-7-12-16-19-33-56-45-28-30-46(51(38-45)58-35-21-18-14-9-3)42-24-26-43(27-25-42)53-49(39-55)54-32-31-44(37-48(54)52(53)41(11-5)22-15-10-4)47-29-23-40(6)36-50(47)57-34-20-17-13-8-2/h2,23-32,36-39,41H,7,9-12,14-16,18-19,21-22,33,35H2,1,3-6H3. The van der Waals surface area contributed by atoms with Crippen molar-refractivity contribution >= 4 is 11.8 Å². The molecule has 0 fully saturated rings. The van der Waals surface area contributed by atoms with Crippen LogP contribution in [0.4, 0.5) is 0 Å². The maximum Gasteiger partial charge on any atom is 0.167 e. The van der Waals surface area contributed by atoms with Gasteiger partial charge in [0.2, 0.25) is 0 Å². The van der Waals surface area contributed by atoms with E-state index in [0.717, 1.165) is 107 Å². The molecule has 58 heavy (non-hydrogen) atoms. The van der Waals surface area contributed by atoms with Crippen LogP contribution >= 0.6 is 0 Å². The van der Waals surface area contributed by atoms with E-state index >= 15 is 0 Å². The third-order valence-electron chi connectivity index (χ3n) is 10.8. The number of aromatic nitrogens is 1. The van der Waals surface area contributed by atoms with Crippen LogP contribution in [-0.2, 0) is 0 Å². The van der Waals surface area contributed by atoms with Crippen molar-refractivity contribution in [2.75, 3.05) is 13.2 Å². The van der Waals surface area contributed by atoms with Gasteiger partial charge in [0.05, 0.1) is 24.4 Å². The highest BCUT2D eigenvalue weighted by atomic mass is 16.5. The van der Waals surface area contributed by atoms with Gasteiger partial charge in [0.1, 0.15) is 23.4 Å². The lowest BCUT2D eigenvalue weighted by Gasteiger charge is -2.18. The molecule has 2 aromatic heterocycles. The van der Waals surface area contributed by atoms with Crippen molar-refractivity contribution in [3.8, 4) is 86.8 Å². The first-order valence-corrected chi connectivity index (χ1v) is 21.3. The summed E-state index contributed by atoms with van der Waals surface area (Å²) >= 11 is 0. The van der Waals surface area contributed by atoms with E-state index in [1.54, 1.807) is 0 Å². The lowest BCUT2D eigenvalue weighted by molar-refractivity contribution is 0.111. The smallest absolute Gasteiger partial charge is 0.167 e. The van der Waals surface area contributed by atoms with E-state index in [9.17, 15) is 4.79 Å². The molecule has 0 bridgehead atoms. The fourth-order valence-electron chi connectivity index (χ4n) is 7.63. The number of rotatable bonds is 22. The maximum absolute atomic E-state index is 13.1. The number of unbranched alkanes of at least 4 members (excludes halogenated alkanes) is 7. The molecular formula is C53H59NO4. The van der Waals surface area contributed by atoms with Crippen LogP contribution in [-0.4, -0.2) is 23.9 Å². The Labute approximate surface area is 347 Å². The van der Waals surface area contributed by atoms with Gasteiger partial charge in [0.25, 0.3) is 0 Å². The highest BCUT2D eigenvalue weighted by Crippen LogP contribution is 2.44. The van der Waals surface area contributed by atoms with Crippen molar-refractivity contribution in [2.24, 2.45) is 0 Å². The highest BCUT2D eigenvalue weighted by molar-refractivity contribution is 5.95. The normalized spacial score (nSPS) is 11.2. The molecule has 0 aliphatic heterocycles. The van der Waals surface area contributed by atoms with Crippen molar-refractivity contribution < 1.29 is 19.0 Å². The molecule has 0 radical (unpaired) electrons. The van der Waals surface area contributed by atoms with E-state index < -0.39 is 0 Å². The van der Waals surface area contributed by atoms with Gasteiger partial charge in [0.15, 0.2) is 6.29 Å². The minimum absolute atomic E-state index is 0.255. The van der Waals surface area contributed by atoms with Crippen LogP contribution in [0.2, 0.25) is 0 Å². The number of aldehydes is 1. The van der Waals surface area contributed by atoms with E-state index in [0.29, 0.717) is 24.7 Å². The van der Waals surface area contributed by atoms with Gasteiger partial charge in [-0.3, -0.25) is 4.79 Å². The summed E-state index contributed by atoms with van der Waals surface area (Å²) in [6.45, 7) is 12.3. The first-order valence-electron chi connectivity index (χ1n) is 21.3. The summed E-state index contributed by atoms with van der Waals surface area (Å²) in [5.74, 6) is 12.6. The van der Waals surface area contributed by atoms with Gasteiger partial charge in [-0.15, -0.1) is 6.42 Å². The number of ether oxygens (including phenoxy) is 3. The first-order chi connectivity index (χ1) is 28.5. The van der Waals surface area contributed by atoms with Crippen molar-refractivity contribution in [2.45, 2.75) is 118 Å². The molecular weight excluding hydrogens is 715 g/mol. The van der Waals surface area contributed by atoms with Crippen molar-refractivity contribution in [1.29, 1.82) is 0 Å². The summed E-state index contributed by atoms with van der Waals surface area (Å²) in [7, 11) is 0. The van der Waals surface area contributed by atoms with Crippen LogP contribution < -0.4 is 14.2 Å². The Balaban J connectivity index is 1.57. The second-order valence-electron chi connectivity index (χ2n) is 15.0. The van der Waals surface area contributed by atoms with Crippen molar-refractivity contribution in [3.63, 3.8) is 0 Å². The Morgan fingerprint density at radius 3 is 2.07 bits per heavy atom. The zero-order valence-electron chi connectivity index (χ0n) is 35.2. The van der Waals surface area contributed by atoms with E-state index in [2.05, 4.69) is 116 Å². The van der Waals surface area contributed by atoms with Gasteiger partial charge in [-0.05, 0) is 109 Å². The van der Waals surface area contributed by atoms with Crippen LogP contribution in [0.1, 0.15) is 132 Å². The molecule has 1 atom stereocenters. The van der Waals surface area contributed by atoms with Gasteiger partial charge >= 0.3 is 0 Å². The summed E-state index contributed by atoms with van der Waals surface area (Å²) in [5.41, 5.74) is 9.86. The molecule has 1 unspecified atom stereocenters. The fourth-order valence-corrected chi connectivity index (χ4v) is 7.63. The number of carbonyl (C=O) groups is 1. The van der Waals surface area contributed by atoms with E-state index in [1.165, 1.54) is 37.7 Å². The van der Waals surface area contributed by atoms with Crippen molar-refractivity contribution in [1.82, 2.24) is 4.40 Å². The Kier molecular flexibility index (Phi) is 17.0. The van der Waals surface area contributed by atoms with E-state index in [-0.39, 0.29) is 5.92 Å². The third-order valence-corrected chi connectivity index (χ3v) is 10.8. The third kappa shape index (κ3) is 11.2. The summed E-state index contributed by atoms with van der Waals surface area (Å²) in [6, 6.07) is 25.2. The Morgan fingerprint density at radius 1 is 0.690 bits per heavy atom. The monoisotopic (exact) mass is 773 g/mol. The van der Waals surface area contributed by atoms with Gasteiger partial charge in [-0.25, -0.2) is 0 Å². The molecule has 5 rings (SSSR count). The molecule has 0 aliphatic carbocycles. The minimum atomic E-state index is 0.255. The van der Waals surface area contributed by atoms with Gasteiger partial charge in [-0.1, -0.05) is 115 Å². The first kappa shape index (κ1) is 43.3. The summed E-state index contributed by atoms with van der Waals surface area (Å²) < 4.78 is 20.6. The molecule has 0 amide bonds. The Hall–Kier alpha value is -5.83. The zero-order valence-corrected chi connectivity index (χ0v) is 35.2. The predicted molar refractivity (Wildman–Crippen MR) is 241 cm³/mol. The number of pyridine rings is 1. The molecule has 0 N–H and O–H groups in total. The second-order valence-corrected chi connectivity index (χ2v) is 15.0. The van der Waals surface area contributed by atoms with Crippen molar-refractivity contribution in [3.05, 3.63) is 95.8 Å². The molecule has 0 aliphatic rings. The second kappa shape index (κ2) is 22.8. The number of fused-ring (bicyclic) bond motifs is 1. The molecule has 0 saturated carbocycles. The average Bonchev–Trinajstić information content (AvgIpc) is 3.57. The minimum Gasteiger partial charge on any atom is -0.493 e. The van der Waals surface area contributed by atoms with Crippen LogP contribution in [0.5, 0.6) is 17.2 Å². The number of aryl methyl sites for hydroxylation is 1. The molecule has 3 aromatic carbocycles. The fraction of sp³-hybridized carbons (Fsp3) is 0.377. The molecule has 2 heterocycles. The number of hydrogen-bond acceptors (Lipinski definition) is 4. The summed E-state index contributed by atoms with van der Waals surface area (Å²) in [6.07, 6.45) is 24.3. The van der Waals surface area contributed by atoms with Gasteiger partial charge in [-0.2, -0.15) is 0 Å². The quantitative estimate of drug-likeness (QED) is 0.0399. The average molecular weight is 774 g/mol. The van der Waals surface area contributed by atoms with Gasteiger partial charge < -0.3 is 18.6 Å². The number of terminal acetylenes is 1. The molecule has 0 spiro atoms. The lowest BCUT2D eigenvalue weighted by atomic mass is 9.86. The Morgan fingerprint density at radius 2 is 1.38 bits per heavy atom. The van der Waals surface area contributed by atoms with Gasteiger partial charge in [0, 0.05) is 40.8 Å². The lowest BCUT2D eigenvalue weighted by Crippen LogP contribution is -2.01. The number of benzene rings is 3. The zero-order chi connectivity index (χ0) is 41.1. The molecule has 5 heteroatoms. The Bertz CT molecular complexity index is 2280. The summed E-state index contributed by atoms with van der Waals surface area (Å²) in [4.78, 5) is 13.1. The SMILES string of the molecule is C#CC#CC#COc1cc(C)ccc1-c1ccn2c(C=O)c(-c3ccc(-c4ccc(OCCCCCC)cc4OCCCCCC)cc3)c(C(CC)CCCC)c2c1. The number of nitrogens with zero attached hydrogens (tertiary/aromatic N) is 1. The van der Waals surface area contributed by atoms with Crippen LogP contribution in [0.3, 0.4) is 0 Å². The van der Waals surface area contributed by atoms with Crippen LogP contribution in [0, 0.1) is 43.1 Å². The summed E-state index contributed by atoms with van der Waals surface area (Å²) in [5, 5.41) is 0. The molecule has 300 valence electrons. The van der Waals surface area contributed by atoms with E-state index in [1.807, 2.05) is 31.3 Å². The molecule has 5 aromatic rings. The highest BCUT2D eigenvalue weighted by Gasteiger charge is 2.26. The van der Waals surface area contributed by atoms with Crippen LogP contribution in [0.25, 0.3) is 38.9 Å². The largest absolute Gasteiger partial charge is 0.493 e. The molecule has 0 saturated heterocycles. The van der Waals surface area contributed by atoms with E-state index in [4.69, 9.17) is 20.6 Å². The number of carbonyl (C=O) groups excluding carboxylic acids is 1. The topological polar surface area (TPSA) is 49.2 Å². The maximum atomic E-state index is 13.1. The van der Waals surface area contributed by atoms with Crippen LogP contribution in [0.15, 0.2) is 79.0 Å². The molecule has 5 nitrogen and oxygen atoms in total.